The third kappa shape index (κ3) is 7.78. The Labute approximate surface area is 201 Å². The first-order valence-electron chi connectivity index (χ1n) is 10.0. The van der Waals surface area contributed by atoms with Gasteiger partial charge in [0.25, 0.3) is 0 Å². The van der Waals surface area contributed by atoms with Gasteiger partial charge in [-0.3, -0.25) is 4.99 Å². The van der Waals surface area contributed by atoms with Gasteiger partial charge in [0.1, 0.15) is 5.82 Å². The van der Waals surface area contributed by atoms with Crippen molar-refractivity contribution in [3.05, 3.63) is 40.0 Å². The molecule has 0 aromatic carbocycles. The van der Waals surface area contributed by atoms with Crippen LogP contribution in [0.15, 0.2) is 28.7 Å². The van der Waals surface area contributed by atoms with Gasteiger partial charge in [0.05, 0.1) is 5.01 Å². The number of guanidine groups is 1. The number of piperidine rings is 1. The molecule has 2 N–H and O–H groups in total. The van der Waals surface area contributed by atoms with E-state index in [0.29, 0.717) is 30.5 Å². The van der Waals surface area contributed by atoms with E-state index in [4.69, 9.17) is 0 Å². The molecule has 0 amide bonds. The molecule has 0 atom stereocenters. The Kier molecular flexibility index (Phi) is 9.79. The van der Waals surface area contributed by atoms with E-state index in [1.807, 2.05) is 12.3 Å². The SMILES string of the molecule is CN=C(NCCc1nc(C(F)(F)F)cs1)NCc1ccc(N2CCC(C)CC2)nc1.I. The number of alkyl halides is 3. The molecule has 0 bridgehead atoms. The zero-order valence-electron chi connectivity index (χ0n) is 17.6. The Morgan fingerprint density at radius 3 is 2.58 bits per heavy atom. The number of anilines is 1. The fraction of sp³-hybridized carbons (Fsp3) is 0.550. The quantitative estimate of drug-likeness (QED) is 0.309. The van der Waals surface area contributed by atoms with E-state index >= 15 is 0 Å². The molecule has 31 heavy (non-hydrogen) atoms. The van der Waals surface area contributed by atoms with E-state index in [1.165, 1.54) is 12.8 Å². The molecule has 3 rings (SSSR count). The van der Waals surface area contributed by atoms with Gasteiger partial charge in [0.15, 0.2) is 11.7 Å². The summed E-state index contributed by atoms with van der Waals surface area (Å²) in [6.07, 6.45) is 0.265. The largest absolute Gasteiger partial charge is 0.434 e. The number of nitrogens with one attached hydrogen (secondary N) is 2. The highest BCUT2D eigenvalue weighted by Gasteiger charge is 2.33. The van der Waals surface area contributed by atoms with E-state index in [9.17, 15) is 13.2 Å². The minimum Gasteiger partial charge on any atom is -0.357 e. The van der Waals surface area contributed by atoms with Crippen molar-refractivity contribution in [2.45, 2.75) is 38.9 Å². The first kappa shape index (κ1) is 25.6. The summed E-state index contributed by atoms with van der Waals surface area (Å²) in [5, 5.41) is 7.78. The van der Waals surface area contributed by atoms with Gasteiger partial charge >= 0.3 is 6.18 Å². The van der Waals surface area contributed by atoms with Gasteiger partial charge in [-0.25, -0.2) is 9.97 Å². The van der Waals surface area contributed by atoms with Crippen LogP contribution in [-0.4, -0.2) is 42.6 Å². The molecule has 0 spiro atoms. The number of rotatable bonds is 6. The molecule has 3 heterocycles. The molecule has 0 radical (unpaired) electrons. The highest BCUT2D eigenvalue weighted by Crippen LogP contribution is 2.30. The summed E-state index contributed by atoms with van der Waals surface area (Å²) in [5.41, 5.74) is 0.196. The topological polar surface area (TPSA) is 65.4 Å². The van der Waals surface area contributed by atoms with E-state index in [0.717, 1.165) is 47.1 Å². The van der Waals surface area contributed by atoms with Crippen molar-refractivity contribution in [2.75, 3.05) is 31.6 Å². The summed E-state index contributed by atoms with van der Waals surface area (Å²) in [5.74, 6) is 2.37. The maximum absolute atomic E-state index is 12.6. The van der Waals surface area contributed by atoms with E-state index in [1.54, 1.807) is 7.05 Å². The summed E-state index contributed by atoms with van der Waals surface area (Å²) >= 11 is 1.02. The van der Waals surface area contributed by atoms with Crippen molar-refractivity contribution in [2.24, 2.45) is 10.9 Å². The number of hydrogen-bond donors (Lipinski definition) is 2. The lowest BCUT2D eigenvalue weighted by molar-refractivity contribution is -0.140. The van der Waals surface area contributed by atoms with Crippen molar-refractivity contribution in [3.63, 3.8) is 0 Å². The van der Waals surface area contributed by atoms with Crippen LogP contribution in [0.4, 0.5) is 19.0 Å². The summed E-state index contributed by atoms with van der Waals surface area (Å²) in [7, 11) is 1.65. The predicted octanol–water partition coefficient (Wildman–Crippen LogP) is 4.32. The van der Waals surface area contributed by atoms with Gasteiger partial charge in [0.2, 0.25) is 0 Å². The molecule has 0 unspecified atom stereocenters. The number of thiazole rings is 1. The zero-order valence-corrected chi connectivity index (χ0v) is 20.7. The lowest BCUT2D eigenvalue weighted by Crippen LogP contribution is -2.38. The Morgan fingerprint density at radius 1 is 1.26 bits per heavy atom. The number of hydrogen-bond acceptors (Lipinski definition) is 5. The van der Waals surface area contributed by atoms with Crippen molar-refractivity contribution >= 4 is 47.1 Å². The van der Waals surface area contributed by atoms with Crippen LogP contribution in [-0.2, 0) is 19.1 Å². The maximum Gasteiger partial charge on any atom is 0.434 e. The minimum atomic E-state index is -4.39. The van der Waals surface area contributed by atoms with E-state index in [-0.39, 0.29) is 24.0 Å². The minimum absolute atomic E-state index is 0. The van der Waals surface area contributed by atoms with Crippen LogP contribution >= 0.6 is 35.3 Å². The van der Waals surface area contributed by atoms with E-state index < -0.39 is 11.9 Å². The van der Waals surface area contributed by atoms with Gasteiger partial charge in [-0.2, -0.15) is 13.2 Å². The fourth-order valence-corrected chi connectivity index (χ4v) is 4.00. The Bertz CT molecular complexity index is 832. The second-order valence-corrected chi connectivity index (χ2v) is 8.36. The third-order valence-corrected chi connectivity index (χ3v) is 5.98. The van der Waals surface area contributed by atoms with Gasteiger partial charge in [-0.05, 0) is 30.4 Å². The highest BCUT2D eigenvalue weighted by atomic mass is 127. The zero-order chi connectivity index (χ0) is 21.6. The van der Waals surface area contributed by atoms with Crippen LogP contribution < -0.4 is 15.5 Å². The summed E-state index contributed by atoms with van der Waals surface area (Å²) < 4.78 is 37.8. The molecular formula is C20H28F3IN6S. The molecule has 172 valence electrons. The molecule has 11 heteroatoms. The number of aliphatic imine (C=N–C) groups is 1. The normalized spacial score (nSPS) is 15.5. The smallest absolute Gasteiger partial charge is 0.357 e. The molecule has 0 aliphatic carbocycles. The molecule has 2 aromatic heterocycles. The van der Waals surface area contributed by atoms with Crippen LogP contribution in [0, 0.1) is 5.92 Å². The maximum atomic E-state index is 12.6. The van der Waals surface area contributed by atoms with Crippen molar-refractivity contribution in [1.82, 2.24) is 20.6 Å². The van der Waals surface area contributed by atoms with Crippen LogP contribution in [0.2, 0.25) is 0 Å². The van der Waals surface area contributed by atoms with Gasteiger partial charge < -0.3 is 15.5 Å². The molecular weight excluding hydrogens is 540 g/mol. The first-order chi connectivity index (χ1) is 14.3. The molecule has 0 saturated carbocycles. The number of aromatic nitrogens is 2. The van der Waals surface area contributed by atoms with Crippen molar-refractivity contribution in [3.8, 4) is 0 Å². The number of halogens is 4. The fourth-order valence-electron chi connectivity index (χ4n) is 3.20. The summed E-state index contributed by atoms with van der Waals surface area (Å²) in [6.45, 7) is 5.38. The third-order valence-electron chi connectivity index (χ3n) is 5.07. The second-order valence-electron chi connectivity index (χ2n) is 7.42. The monoisotopic (exact) mass is 568 g/mol. The second kappa shape index (κ2) is 11.8. The molecule has 6 nitrogen and oxygen atoms in total. The molecule has 1 fully saturated rings. The van der Waals surface area contributed by atoms with Crippen LogP contribution in [0.3, 0.4) is 0 Å². The molecule has 1 aliphatic rings. The van der Waals surface area contributed by atoms with Gasteiger partial charge in [0, 0.05) is 51.2 Å². The first-order valence-corrected chi connectivity index (χ1v) is 10.9. The van der Waals surface area contributed by atoms with E-state index in [2.05, 4.69) is 43.5 Å². The van der Waals surface area contributed by atoms with Crippen LogP contribution in [0.1, 0.15) is 36.0 Å². The predicted molar refractivity (Wildman–Crippen MR) is 129 cm³/mol. The lowest BCUT2D eigenvalue weighted by atomic mass is 9.99. The van der Waals surface area contributed by atoms with Gasteiger partial charge in [-0.1, -0.05) is 13.0 Å². The Morgan fingerprint density at radius 2 is 2.00 bits per heavy atom. The van der Waals surface area contributed by atoms with Crippen molar-refractivity contribution in [1.29, 1.82) is 0 Å². The molecule has 1 aliphatic heterocycles. The molecule has 1 saturated heterocycles. The lowest BCUT2D eigenvalue weighted by Gasteiger charge is -2.31. The summed E-state index contributed by atoms with van der Waals surface area (Å²) in [4.78, 5) is 14.7. The Balaban J connectivity index is 0.00000341. The Hall–Kier alpha value is -1.63. The standard InChI is InChI=1S/C20H27F3N6S.HI/c1-14-6-9-29(10-7-14)17-4-3-15(11-26-17)12-27-19(24-2)25-8-5-18-28-16(13-30-18)20(21,22)23;/h3-4,11,13-14H,5-10,12H2,1-2H3,(H2,24,25,27);1H. The van der Waals surface area contributed by atoms with Crippen molar-refractivity contribution < 1.29 is 13.2 Å². The van der Waals surface area contributed by atoms with Crippen LogP contribution in [0.5, 0.6) is 0 Å². The van der Waals surface area contributed by atoms with Gasteiger partial charge in [-0.15, -0.1) is 35.3 Å². The highest BCUT2D eigenvalue weighted by molar-refractivity contribution is 14.0. The number of nitrogens with zero attached hydrogens (tertiary/aromatic N) is 4. The average Bonchev–Trinajstić information content (AvgIpc) is 3.21. The average molecular weight is 568 g/mol. The number of pyridine rings is 1. The van der Waals surface area contributed by atoms with Crippen LogP contribution in [0.25, 0.3) is 0 Å². The summed E-state index contributed by atoms with van der Waals surface area (Å²) in [6, 6.07) is 4.10. The molecule has 2 aromatic rings.